The van der Waals surface area contributed by atoms with Crippen LogP contribution in [0.5, 0.6) is 0 Å². The second-order valence-electron chi connectivity index (χ2n) is 8.52. The molecule has 0 atom stereocenters. The van der Waals surface area contributed by atoms with Crippen LogP contribution in [0.1, 0.15) is 70.6 Å². The van der Waals surface area contributed by atoms with Gasteiger partial charge >= 0.3 is 0 Å². The van der Waals surface area contributed by atoms with E-state index >= 15 is 0 Å². The first kappa shape index (κ1) is 17.3. The molecule has 24 heavy (non-hydrogen) atoms. The minimum absolute atomic E-state index is 0.179. The normalized spacial score (nSPS) is 16.5. The molecule has 0 saturated heterocycles. The SMILES string of the molecule is Cc1cc(-c2cccc(C(C)(C)C)c2)n(CCC2CCCCC2)n1. The molecule has 2 heteroatoms. The predicted molar refractivity (Wildman–Crippen MR) is 102 cm³/mol. The van der Waals surface area contributed by atoms with Crippen molar-refractivity contribution in [3.63, 3.8) is 0 Å². The summed E-state index contributed by atoms with van der Waals surface area (Å²) in [7, 11) is 0. The fourth-order valence-corrected chi connectivity index (χ4v) is 3.87. The molecule has 0 radical (unpaired) electrons. The van der Waals surface area contributed by atoms with Crippen LogP contribution in [0.25, 0.3) is 11.3 Å². The van der Waals surface area contributed by atoms with E-state index in [1.807, 2.05) is 0 Å². The lowest BCUT2D eigenvalue weighted by Crippen LogP contribution is -2.12. The first-order valence-corrected chi connectivity index (χ1v) is 9.59. The molecular weight excluding hydrogens is 292 g/mol. The topological polar surface area (TPSA) is 17.8 Å². The van der Waals surface area contributed by atoms with Gasteiger partial charge in [-0.2, -0.15) is 5.10 Å². The van der Waals surface area contributed by atoms with Crippen molar-refractivity contribution >= 4 is 0 Å². The Balaban J connectivity index is 1.81. The number of rotatable bonds is 4. The zero-order chi connectivity index (χ0) is 17.2. The molecule has 1 saturated carbocycles. The number of hydrogen-bond acceptors (Lipinski definition) is 1. The lowest BCUT2D eigenvalue weighted by molar-refractivity contribution is 0.319. The van der Waals surface area contributed by atoms with E-state index in [-0.39, 0.29) is 5.41 Å². The van der Waals surface area contributed by atoms with Crippen LogP contribution in [-0.4, -0.2) is 9.78 Å². The fraction of sp³-hybridized carbons (Fsp3) is 0.591. The van der Waals surface area contributed by atoms with Gasteiger partial charge in [0.05, 0.1) is 11.4 Å². The van der Waals surface area contributed by atoms with Crippen molar-refractivity contribution in [3.05, 3.63) is 41.6 Å². The highest BCUT2D eigenvalue weighted by Crippen LogP contribution is 2.30. The van der Waals surface area contributed by atoms with Crippen molar-refractivity contribution in [2.75, 3.05) is 0 Å². The Hall–Kier alpha value is -1.57. The second-order valence-corrected chi connectivity index (χ2v) is 8.52. The third-order valence-corrected chi connectivity index (χ3v) is 5.40. The van der Waals surface area contributed by atoms with Gasteiger partial charge in [-0.3, -0.25) is 4.68 Å². The molecule has 0 amide bonds. The molecule has 1 heterocycles. The maximum absolute atomic E-state index is 4.78. The van der Waals surface area contributed by atoms with E-state index in [2.05, 4.69) is 62.7 Å². The number of nitrogens with zero attached hydrogens (tertiary/aromatic N) is 2. The molecule has 1 aliphatic carbocycles. The van der Waals surface area contributed by atoms with Crippen LogP contribution < -0.4 is 0 Å². The van der Waals surface area contributed by atoms with E-state index in [4.69, 9.17) is 5.10 Å². The van der Waals surface area contributed by atoms with Gasteiger partial charge in [-0.25, -0.2) is 0 Å². The maximum Gasteiger partial charge on any atom is 0.0685 e. The van der Waals surface area contributed by atoms with Gasteiger partial charge in [-0.15, -0.1) is 0 Å². The molecule has 1 aromatic heterocycles. The van der Waals surface area contributed by atoms with Crippen LogP contribution in [-0.2, 0) is 12.0 Å². The number of hydrogen-bond donors (Lipinski definition) is 0. The van der Waals surface area contributed by atoms with Gasteiger partial charge in [0.1, 0.15) is 0 Å². The number of benzene rings is 1. The van der Waals surface area contributed by atoms with Crippen molar-refractivity contribution in [2.24, 2.45) is 5.92 Å². The van der Waals surface area contributed by atoms with Gasteiger partial charge < -0.3 is 0 Å². The minimum atomic E-state index is 0.179. The van der Waals surface area contributed by atoms with Crippen LogP contribution in [0.4, 0.5) is 0 Å². The third-order valence-electron chi connectivity index (χ3n) is 5.40. The van der Waals surface area contributed by atoms with Gasteiger partial charge in [0.25, 0.3) is 0 Å². The van der Waals surface area contributed by atoms with E-state index in [9.17, 15) is 0 Å². The first-order chi connectivity index (χ1) is 11.4. The molecule has 0 spiro atoms. The summed E-state index contributed by atoms with van der Waals surface area (Å²) in [5, 5.41) is 4.78. The van der Waals surface area contributed by atoms with Crippen LogP contribution in [0.3, 0.4) is 0 Å². The summed E-state index contributed by atoms with van der Waals surface area (Å²) in [6.45, 7) is 9.98. The van der Waals surface area contributed by atoms with E-state index in [1.54, 1.807) is 0 Å². The standard InChI is InChI=1S/C22H32N2/c1-17-15-21(19-11-8-12-20(16-19)22(2,3)4)24(23-17)14-13-18-9-6-5-7-10-18/h8,11-12,15-16,18H,5-7,9-10,13-14H2,1-4H3. The second kappa shape index (κ2) is 7.13. The molecule has 0 bridgehead atoms. The summed E-state index contributed by atoms with van der Waals surface area (Å²) in [4.78, 5) is 0. The molecule has 0 N–H and O–H groups in total. The van der Waals surface area contributed by atoms with E-state index in [0.717, 1.165) is 18.2 Å². The largest absolute Gasteiger partial charge is 0.265 e. The highest BCUT2D eigenvalue weighted by atomic mass is 15.3. The van der Waals surface area contributed by atoms with Gasteiger partial charge in [0.2, 0.25) is 0 Å². The van der Waals surface area contributed by atoms with Crippen LogP contribution in [0.15, 0.2) is 30.3 Å². The van der Waals surface area contributed by atoms with Crippen LogP contribution in [0, 0.1) is 12.8 Å². The molecule has 0 aliphatic heterocycles. The van der Waals surface area contributed by atoms with E-state index < -0.39 is 0 Å². The molecule has 1 aromatic carbocycles. The molecule has 3 rings (SSSR count). The number of aryl methyl sites for hydroxylation is 2. The third kappa shape index (κ3) is 4.09. The van der Waals surface area contributed by atoms with Crippen molar-refractivity contribution in [2.45, 2.75) is 78.2 Å². The monoisotopic (exact) mass is 324 g/mol. The summed E-state index contributed by atoms with van der Waals surface area (Å²) in [5.41, 5.74) is 5.26. The van der Waals surface area contributed by atoms with Gasteiger partial charge in [-0.1, -0.05) is 71.1 Å². The molecule has 2 aromatic rings. The molecular formula is C22H32N2. The summed E-state index contributed by atoms with van der Waals surface area (Å²) in [6, 6.07) is 11.2. The lowest BCUT2D eigenvalue weighted by atomic mass is 9.86. The summed E-state index contributed by atoms with van der Waals surface area (Å²) in [6.07, 6.45) is 8.37. The molecule has 1 aliphatic rings. The highest BCUT2D eigenvalue weighted by Gasteiger charge is 2.17. The van der Waals surface area contributed by atoms with Crippen LogP contribution >= 0.6 is 0 Å². The smallest absolute Gasteiger partial charge is 0.0685 e. The lowest BCUT2D eigenvalue weighted by Gasteiger charge is -2.22. The van der Waals surface area contributed by atoms with Gasteiger partial charge in [0.15, 0.2) is 0 Å². The van der Waals surface area contributed by atoms with Crippen molar-refractivity contribution in [1.29, 1.82) is 0 Å². The quantitative estimate of drug-likeness (QED) is 0.662. The molecule has 130 valence electrons. The minimum Gasteiger partial charge on any atom is -0.265 e. The summed E-state index contributed by atoms with van der Waals surface area (Å²) >= 11 is 0. The first-order valence-electron chi connectivity index (χ1n) is 9.59. The predicted octanol–water partition coefficient (Wildman–Crippen LogP) is 6.13. The Morgan fingerprint density at radius 1 is 1.08 bits per heavy atom. The Kier molecular flexibility index (Phi) is 5.12. The Labute approximate surface area is 147 Å². The number of aromatic nitrogens is 2. The highest BCUT2D eigenvalue weighted by molar-refractivity contribution is 5.61. The van der Waals surface area contributed by atoms with Crippen molar-refractivity contribution < 1.29 is 0 Å². The average Bonchev–Trinajstić information content (AvgIpc) is 2.94. The fourth-order valence-electron chi connectivity index (χ4n) is 3.87. The molecule has 2 nitrogen and oxygen atoms in total. The Morgan fingerprint density at radius 2 is 1.83 bits per heavy atom. The zero-order valence-electron chi connectivity index (χ0n) is 15.8. The van der Waals surface area contributed by atoms with E-state index in [1.165, 1.54) is 55.3 Å². The van der Waals surface area contributed by atoms with Crippen molar-refractivity contribution in [3.8, 4) is 11.3 Å². The van der Waals surface area contributed by atoms with Gasteiger partial charge in [0, 0.05) is 12.1 Å². The Morgan fingerprint density at radius 3 is 2.54 bits per heavy atom. The maximum atomic E-state index is 4.78. The summed E-state index contributed by atoms with van der Waals surface area (Å²) in [5.74, 6) is 0.900. The van der Waals surface area contributed by atoms with Crippen molar-refractivity contribution in [1.82, 2.24) is 9.78 Å². The zero-order valence-corrected chi connectivity index (χ0v) is 15.8. The van der Waals surface area contributed by atoms with E-state index in [0.29, 0.717) is 0 Å². The van der Waals surface area contributed by atoms with Crippen LogP contribution in [0.2, 0.25) is 0 Å². The Bertz CT molecular complexity index is 670. The molecule has 0 unspecified atom stereocenters. The molecule has 1 fully saturated rings. The van der Waals surface area contributed by atoms with Gasteiger partial charge in [-0.05, 0) is 42.4 Å². The summed E-state index contributed by atoms with van der Waals surface area (Å²) < 4.78 is 2.24. The average molecular weight is 325 g/mol.